The maximum absolute atomic E-state index is 13.0. The average Bonchev–Trinajstić information content (AvgIpc) is 3.62. The van der Waals surface area contributed by atoms with Gasteiger partial charge in [0.15, 0.2) is 11.5 Å². The van der Waals surface area contributed by atoms with E-state index in [1.54, 1.807) is 19.2 Å². The first-order valence-corrected chi connectivity index (χ1v) is 11.6. The minimum absolute atomic E-state index is 0.166. The summed E-state index contributed by atoms with van der Waals surface area (Å²) in [5.41, 5.74) is 1.70. The Bertz CT molecular complexity index is 1160. The van der Waals surface area contributed by atoms with Crippen LogP contribution in [0.25, 0.3) is 0 Å². The third-order valence-electron chi connectivity index (χ3n) is 7.46. The zero-order valence-electron chi connectivity index (χ0n) is 18.1. The van der Waals surface area contributed by atoms with Crippen LogP contribution in [0.5, 0.6) is 11.5 Å². The number of rotatable bonds is 6. The molecule has 1 saturated heterocycles. The molecule has 33 heavy (non-hydrogen) atoms. The topological polar surface area (TPSA) is 68.2 Å². The fraction of sp³-hybridized carbons (Fsp3) is 0.346. The summed E-state index contributed by atoms with van der Waals surface area (Å²) in [4.78, 5) is 26.1. The van der Waals surface area contributed by atoms with E-state index in [4.69, 9.17) is 21.1 Å². The number of amides is 2. The van der Waals surface area contributed by atoms with Crippen LogP contribution in [0.3, 0.4) is 0 Å². The monoisotopic (exact) mass is 462 g/mol. The number of allylic oxidation sites excluding steroid dienone is 2. The van der Waals surface area contributed by atoms with E-state index in [2.05, 4.69) is 17.3 Å². The third-order valence-corrected chi connectivity index (χ3v) is 7.71. The van der Waals surface area contributed by atoms with Gasteiger partial charge in [0.1, 0.15) is 6.61 Å². The molecule has 1 aliphatic heterocycles. The van der Waals surface area contributed by atoms with Crippen LogP contribution in [0, 0.1) is 35.5 Å². The van der Waals surface area contributed by atoms with Crippen molar-refractivity contribution in [1.29, 1.82) is 0 Å². The molecule has 3 fully saturated rings. The number of hydrogen-bond donors (Lipinski definition) is 0. The number of imide groups is 1. The molecule has 2 aromatic carbocycles. The van der Waals surface area contributed by atoms with Crippen molar-refractivity contribution >= 4 is 29.6 Å². The zero-order valence-corrected chi connectivity index (χ0v) is 18.8. The van der Waals surface area contributed by atoms with Crippen LogP contribution in [-0.4, -0.2) is 30.1 Å². The number of hydrogen-bond acceptors (Lipinski definition) is 5. The second-order valence-electron chi connectivity index (χ2n) is 9.21. The van der Waals surface area contributed by atoms with Crippen molar-refractivity contribution in [2.24, 2.45) is 40.6 Å². The normalized spacial score (nSPS) is 31.2. The molecule has 2 saturated carbocycles. The second-order valence-corrected chi connectivity index (χ2v) is 9.65. The average molecular weight is 463 g/mol. The highest BCUT2D eigenvalue weighted by molar-refractivity contribution is 6.30. The van der Waals surface area contributed by atoms with Gasteiger partial charge in [-0.05, 0) is 71.6 Å². The lowest BCUT2D eigenvalue weighted by molar-refractivity contribution is -0.140. The lowest BCUT2D eigenvalue weighted by Crippen LogP contribution is -2.40. The number of methoxy groups -OCH3 is 1. The highest BCUT2D eigenvalue weighted by Crippen LogP contribution is 2.65. The number of carbonyl (C=O) groups excluding carboxylic acids is 2. The summed E-state index contributed by atoms with van der Waals surface area (Å²) in [7, 11) is 1.57. The quantitative estimate of drug-likeness (QED) is 0.364. The highest BCUT2D eigenvalue weighted by Gasteiger charge is 2.67. The predicted molar refractivity (Wildman–Crippen MR) is 123 cm³/mol. The van der Waals surface area contributed by atoms with E-state index < -0.39 is 0 Å². The fourth-order valence-corrected chi connectivity index (χ4v) is 5.93. The molecule has 2 aromatic rings. The smallest absolute Gasteiger partial charge is 0.254 e. The van der Waals surface area contributed by atoms with E-state index in [-0.39, 0.29) is 35.5 Å². The first-order chi connectivity index (χ1) is 16.0. The maximum atomic E-state index is 13.0. The van der Waals surface area contributed by atoms with Crippen molar-refractivity contribution in [1.82, 2.24) is 5.01 Å². The minimum Gasteiger partial charge on any atom is -0.493 e. The summed E-state index contributed by atoms with van der Waals surface area (Å²) in [5, 5.41) is 6.06. The molecule has 2 bridgehead atoms. The molecule has 6 atom stereocenters. The van der Waals surface area contributed by atoms with Crippen LogP contribution in [0.2, 0.25) is 5.02 Å². The Morgan fingerprint density at radius 2 is 1.67 bits per heavy atom. The van der Waals surface area contributed by atoms with Crippen LogP contribution in [0.15, 0.2) is 59.7 Å². The molecule has 0 unspecified atom stereocenters. The summed E-state index contributed by atoms with van der Waals surface area (Å²) in [6, 6.07) is 12.8. The number of ether oxygens (including phenoxy) is 2. The van der Waals surface area contributed by atoms with Crippen LogP contribution in [0.1, 0.15) is 17.5 Å². The van der Waals surface area contributed by atoms with E-state index in [1.165, 1.54) is 6.21 Å². The molecule has 7 heteroatoms. The standard InChI is InChI=1S/C26H23ClN2O4/c1-32-22-10-15(4-9-21(22)33-13-14-2-5-16(27)6-3-14)12-28-29-25(30)23-17-7-8-18(20-11-19(17)20)24(23)26(29)31/h2-10,12,17-20,23-24H,11,13H2,1H3/t17-,18-,19-,20+,23-,24+/m0/s1. The summed E-state index contributed by atoms with van der Waals surface area (Å²) >= 11 is 5.93. The number of nitrogens with zero attached hydrogens (tertiary/aromatic N) is 2. The Morgan fingerprint density at radius 1 is 1.00 bits per heavy atom. The van der Waals surface area contributed by atoms with Gasteiger partial charge in [-0.2, -0.15) is 10.1 Å². The van der Waals surface area contributed by atoms with Gasteiger partial charge in [-0.25, -0.2) is 0 Å². The molecule has 0 spiro atoms. The largest absolute Gasteiger partial charge is 0.493 e. The van der Waals surface area contributed by atoms with E-state index in [0.29, 0.717) is 40.5 Å². The number of hydrazone groups is 1. The molecule has 2 amide bonds. The SMILES string of the molecule is COc1cc(C=NN2C(=O)[C@@H]3[C@H]4C=C[C@@H]([C@@H]5C[C@H]45)[C@@H]3C2=O)ccc1OCc1ccc(Cl)cc1. The first-order valence-electron chi connectivity index (χ1n) is 11.2. The molecule has 0 radical (unpaired) electrons. The highest BCUT2D eigenvalue weighted by atomic mass is 35.5. The maximum Gasteiger partial charge on any atom is 0.254 e. The van der Waals surface area contributed by atoms with Gasteiger partial charge in [0.05, 0.1) is 25.2 Å². The van der Waals surface area contributed by atoms with Gasteiger partial charge in [-0.3, -0.25) is 9.59 Å². The fourth-order valence-electron chi connectivity index (χ4n) is 5.80. The molecular weight excluding hydrogens is 440 g/mol. The minimum atomic E-state index is -0.244. The Labute approximate surface area is 196 Å². The van der Waals surface area contributed by atoms with Crippen molar-refractivity contribution < 1.29 is 19.1 Å². The summed E-state index contributed by atoms with van der Waals surface area (Å²) in [5.74, 6) is 1.85. The van der Waals surface area contributed by atoms with Gasteiger partial charge in [0.25, 0.3) is 11.8 Å². The Hall–Kier alpha value is -3.12. The molecule has 0 aromatic heterocycles. The Kier molecular flexibility index (Phi) is 4.80. The second kappa shape index (κ2) is 7.73. The Morgan fingerprint density at radius 3 is 2.30 bits per heavy atom. The van der Waals surface area contributed by atoms with Gasteiger partial charge < -0.3 is 9.47 Å². The predicted octanol–water partition coefficient (Wildman–Crippen LogP) is 4.31. The molecule has 4 aliphatic carbocycles. The van der Waals surface area contributed by atoms with Crippen LogP contribution in [0.4, 0.5) is 0 Å². The van der Waals surface area contributed by atoms with Crippen molar-refractivity contribution in [3.8, 4) is 11.5 Å². The van der Waals surface area contributed by atoms with Crippen molar-refractivity contribution in [3.63, 3.8) is 0 Å². The van der Waals surface area contributed by atoms with Gasteiger partial charge in [-0.15, -0.1) is 0 Å². The van der Waals surface area contributed by atoms with E-state index in [1.807, 2.05) is 30.3 Å². The molecule has 1 heterocycles. The molecule has 7 rings (SSSR count). The van der Waals surface area contributed by atoms with Gasteiger partial charge >= 0.3 is 0 Å². The third kappa shape index (κ3) is 3.35. The van der Waals surface area contributed by atoms with Crippen molar-refractivity contribution in [3.05, 3.63) is 70.8 Å². The number of benzene rings is 2. The van der Waals surface area contributed by atoms with Crippen LogP contribution in [-0.2, 0) is 16.2 Å². The molecule has 5 aliphatic rings. The lowest BCUT2D eigenvalue weighted by Gasteiger charge is -2.37. The number of carbonyl (C=O) groups is 2. The van der Waals surface area contributed by atoms with Gasteiger partial charge in [0.2, 0.25) is 0 Å². The summed E-state index contributed by atoms with van der Waals surface area (Å²) < 4.78 is 11.4. The summed E-state index contributed by atoms with van der Waals surface area (Å²) in [6.07, 6.45) is 7.00. The van der Waals surface area contributed by atoms with E-state index in [9.17, 15) is 9.59 Å². The molecule has 168 valence electrons. The lowest BCUT2D eigenvalue weighted by atomic mass is 9.63. The Balaban J connectivity index is 1.17. The molecule has 6 nitrogen and oxygen atoms in total. The van der Waals surface area contributed by atoms with E-state index >= 15 is 0 Å². The van der Waals surface area contributed by atoms with E-state index in [0.717, 1.165) is 17.0 Å². The van der Waals surface area contributed by atoms with Crippen molar-refractivity contribution in [2.75, 3.05) is 7.11 Å². The summed E-state index contributed by atoms with van der Waals surface area (Å²) in [6.45, 7) is 0.374. The van der Waals surface area contributed by atoms with Gasteiger partial charge in [-0.1, -0.05) is 35.9 Å². The first kappa shape index (κ1) is 20.5. The molecular formula is C26H23ClN2O4. The molecule has 0 N–H and O–H groups in total. The number of halogens is 1. The van der Waals surface area contributed by atoms with Gasteiger partial charge in [0, 0.05) is 5.02 Å². The van der Waals surface area contributed by atoms with Crippen molar-refractivity contribution in [2.45, 2.75) is 13.0 Å². The van der Waals surface area contributed by atoms with Crippen LogP contribution < -0.4 is 9.47 Å². The zero-order chi connectivity index (χ0) is 22.7. The van der Waals surface area contributed by atoms with Crippen LogP contribution >= 0.6 is 11.6 Å².